The first-order valence-electron chi connectivity index (χ1n) is 7.10. The first kappa shape index (κ1) is 15.9. The van der Waals surface area contributed by atoms with Crippen molar-refractivity contribution >= 4 is 11.8 Å². The molecule has 0 aromatic heterocycles. The van der Waals surface area contributed by atoms with Crippen molar-refractivity contribution < 1.29 is 14.6 Å². The molecule has 2 rings (SSSR count). The molecule has 0 aliphatic carbocycles. The summed E-state index contributed by atoms with van der Waals surface area (Å²) in [5, 5.41) is 11.3. The highest BCUT2D eigenvalue weighted by molar-refractivity contribution is 5.84. The maximum absolute atomic E-state index is 10.8. The largest absolute Gasteiger partial charge is 0.497 e. The van der Waals surface area contributed by atoms with E-state index in [1.165, 1.54) is 0 Å². The summed E-state index contributed by atoms with van der Waals surface area (Å²) in [6.07, 6.45) is -1.06. The summed E-state index contributed by atoms with van der Waals surface area (Å²) in [5.74, 6) is 0.810. The standard InChI is InChI=1S/C18H21NO3/c1-18(2,3)16-11-13(19-17(20)21)7-10-15(16)12-5-8-14(22-4)9-6-12/h5-11,19H,1-4H3,(H,20,21). The van der Waals surface area contributed by atoms with Gasteiger partial charge in [-0.2, -0.15) is 0 Å². The van der Waals surface area contributed by atoms with E-state index in [2.05, 4.69) is 26.1 Å². The van der Waals surface area contributed by atoms with Crippen LogP contribution in [0.3, 0.4) is 0 Å². The summed E-state index contributed by atoms with van der Waals surface area (Å²) >= 11 is 0. The molecule has 116 valence electrons. The monoisotopic (exact) mass is 299 g/mol. The minimum Gasteiger partial charge on any atom is -0.497 e. The van der Waals surface area contributed by atoms with Gasteiger partial charge in [0.2, 0.25) is 0 Å². The molecule has 0 unspecified atom stereocenters. The lowest BCUT2D eigenvalue weighted by atomic mass is 9.81. The van der Waals surface area contributed by atoms with E-state index in [9.17, 15) is 4.79 Å². The van der Waals surface area contributed by atoms with Gasteiger partial charge in [-0.1, -0.05) is 39.0 Å². The topological polar surface area (TPSA) is 58.6 Å². The number of benzene rings is 2. The second-order valence-corrected chi connectivity index (χ2v) is 6.17. The van der Waals surface area contributed by atoms with Crippen LogP contribution in [0.4, 0.5) is 10.5 Å². The molecule has 0 spiro atoms. The minimum absolute atomic E-state index is 0.106. The number of amides is 1. The second-order valence-electron chi connectivity index (χ2n) is 6.17. The van der Waals surface area contributed by atoms with E-state index in [1.807, 2.05) is 36.4 Å². The van der Waals surface area contributed by atoms with Gasteiger partial charge in [0, 0.05) is 5.69 Å². The highest BCUT2D eigenvalue weighted by Gasteiger charge is 2.19. The molecule has 1 amide bonds. The molecule has 0 aliphatic heterocycles. The maximum Gasteiger partial charge on any atom is 0.409 e. The maximum atomic E-state index is 10.8. The van der Waals surface area contributed by atoms with E-state index in [-0.39, 0.29) is 5.41 Å². The lowest BCUT2D eigenvalue weighted by molar-refractivity contribution is 0.209. The lowest BCUT2D eigenvalue weighted by Gasteiger charge is -2.24. The number of anilines is 1. The summed E-state index contributed by atoms with van der Waals surface area (Å²) in [6, 6.07) is 13.5. The number of hydrogen-bond acceptors (Lipinski definition) is 2. The normalized spacial score (nSPS) is 11.1. The molecule has 0 saturated carbocycles. The fourth-order valence-corrected chi connectivity index (χ4v) is 2.39. The van der Waals surface area contributed by atoms with Crippen LogP contribution in [0.2, 0.25) is 0 Å². The average Bonchev–Trinajstić information content (AvgIpc) is 2.46. The number of carbonyl (C=O) groups is 1. The van der Waals surface area contributed by atoms with Gasteiger partial charge in [-0.3, -0.25) is 5.32 Å². The van der Waals surface area contributed by atoms with Crippen molar-refractivity contribution in [1.82, 2.24) is 0 Å². The fraction of sp³-hybridized carbons (Fsp3) is 0.278. The summed E-state index contributed by atoms with van der Waals surface area (Å²) in [4.78, 5) is 10.8. The van der Waals surface area contributed by atoms with Gasteiger partial charge in [0.15, 0.2) is 0 Å². The SMILES string of the molecule is COc1ccc(-c2ccc(NC(=O)O)cc2C(C)(C)C)cc1. The zero-order valence-corrected chi connectivity index (χ0v) is 13.3. The van der Waals surface area contributed by atoms with Crippen molar-refractivity contribution in [2.24, 2.45) is 0 Å². The third-order valence-electron chi connectivity index (χ3n) is 3.48. The average molecular weight is 299 g/mol. The Balaban J connectivity index is 2.51. The van der Waals surface area contributed by atoms with E-state index >= 15 is 0 Å². The molecule has 4 nitrogen and oxygen atoms in total. The van der Waals surface area contributed by atoms with Crippen molar-refractivity contribution in [2.45, 2.75) is 26.2 Å². The summed E-state index contributed by atoms with van der Waals surface area (Å²) < 4.78 is 5.19. The third-order valence-corrected chi connectivity index (χ3v) is 3.48. The number of methoxy groups -OCH3 is 1. The van der Waals surface area contributed by atoms with E-state index in [4.69, 9.17) is 9.84 Å². The third kappa shape index (κ3) is 3.58. The Bertz CT molecular complexity index is 670. The van der Waals surface area contributed by atoms with Crippen molar-refractivity contribution in [2.75, 3.05) is 12.4 Å². The number of hydrogen-bond donors (Lipinski definition) is 2. The molecule has 2 aromatic rings. The minimum atomic E-state index is -1.06. The molecule has 22 heavy (non-hydrogen) atoms. The zero-order valence-electron chi connectivity index (χ0n) is 13.3. The van der Waals surface area contributed by atoms with Crippen LogP contribution in [0, 0.1) is 0 Å². The molecule has 0 heterocycles. The highest BCUT2D eigenvalue weighted by atomic mass is 16.5. The van der Waals surface area contributed by atoms with Crippen LogP contribution in [0.15, 0.2) is 42.5 Å². The lowest BCUT2D eigenvalue weighted by Crippen LogP contribution is -2.14. The fourth-order valence-electron chi connectivity index (χ4n) is 2.39. The Hall–Kier alpha value is -2.49. The van der Waals surface area contributed by atoms with Gasteiger partial charge in [-0.15, -0.1) is 0 Å². The molecule has 2 aromatic carbocycles. The number of ether oxygens (including phenoxy) is 1. The van der Waals surface area contributed by atoms with E-state index in [1.54, 1.807) is 13.2 Å². The van der Waals surface area contributed by atoms with Gasteiger partial charge < -0.3 is 9.84 Å². The number of carboxylic acid groups (broad SMARTS) is 1. The van der Waals surface area contributed by atoms with Crippen molar-refractivity contribution in [3.05, 3.63) is 48.0 Å². The van der Waals surface area contributed by atoms with Crippen LogP contribution in [0.1, 0.15) is 26.3 Å². The molecule has 0 saturated heterocycles. The first-order chi connectivity index (χ1) is 10.3. The molecular formula is C18H21NO3. The summed E-state index contributed by atoms with van der Waals surface area (Å²) in [5.41, 5.74) is 3.73. The van der Waals surface area contributed by atoms with Gasteiger partial charge in [0.25, 0.3) is 0 Å². The molecule has 0 bridgehead atoms. The smallest absolute Gasteiger partial charge is 0.409 e. The Morgan fingerprint density at radius 1 is 1.09 bits per heavy atom. The van der Waals surface area contributed by atoms with Crippen LogP contribution >= 0.6 is 0 Å². The zero-order chi connectivity index (χ0) is 16.3. The van der Waals surface area contributed by atoms with Crippen LogP contribution in [0.5, 0.6) is 5.75 Å². The first-order valence-corrected chi connectivity index (χ1v) is 7.10. The quantitative estimate of drug-likeness (QED) is 0.859. The van der Waals surface area contributed by atoms with Gasteiger partial charge in [0.1, 0.15) is 5.75 Å². The van der Waals surface area contributed by atoms with Crippen molar-refractivity contribution in [3.8, 4) is 16.9 Å². The van der Waals surface area contributed by atoms with Crippen LogP contribution in [-0.4, -0.2) is 18.3 Å². The number of nitrogens with one attached hydrogen (secondary N) is 1. The van der Waals surface area contributed by atoms with Gasteiger partial charge >= 0.3 is 6.09 Å². The molecule has 0 aliphatic rings. The Kier molecular flexibility index (Phi) is 4.40. The van der Waals surface area contributed by atoms with Crippen LogP contribution in [0.25, 0.3) is 11.1 Å². The van der Waals surface area contributed by atoms with Crippen molar-refractivity contribution in [1.29, 1.82) is 0 Å². The highest BCUT2D eigenvalue weighted by Crippen LogP contribution is 2.35. The van der Waals surface area contributed by atoms with Gasteiger partial charge in [-0.05, 0) is 46.4 Å². The molecule has 2 N–H and O–H groups in total. The molecular weight excluding hydrogens is 278 g/mol. The molecule has 0 radical (unpaired) electrons. The molecule has 0 fully saturated rings. The van der Waals surface area contributed by atoms with Gasteiger partial charge in [-0.25, -0.2) is 4.79 Å². The Morgan fingerprint density at radius 3 is 2.23 bits per heavy atom. The second kappa shape index (κ2) is 6.10. The predicted molar refractivity (Wildman–Crippen MR) is 88.8 cm³/mol. The van der Waals surface area contributed by atoms with Crippen molar-refractivity contribution in [3.63, 3.8) is 0 Å². The van der Waals surface area contributed by atoms with E-state index in [0.29, 0.717) is 5.69 Å². The predicted octanol–water partition coefficient (Wildman–Crippen LogP) is 4.75. The summed E-state index contributed by atoms with van der Waals surface area (Å²) in [6.45, 7) is 6.33. The van der Waals surface area contributed by atoms with E-state index < -0.39 is 6.09 Å². The van der Waals surface area contributed by atoms with E-state index in [0.717, 1.165) is 22.4 Å². The number of rotatable bonds is 3. The Labute approximate surface area is 130 Å². The summed E-state index contributed by atoms with van der Waals surface area (Å²) in [7, 11) is 1.64. The van der Waals surface area contributed by atoms with Gasteiger partial charge in [0.05, 0.1) is 7.11 Å². The Morgan fingerprint density at radius 2 is 1.73 bits per heavy atom. The molecule has 0 atom stereocenters. The van der Waals surface area contributed by atoms with Crippen LogP contribution in [-0.2, 0) is 5.41 Å². The van der Waals surface area contributed by atoms with Crippen LogP contribution < -0.4 is 10.1 Å². The molecule has 4 heteroatoms.